The van der Waals surface area contributed by atoms with Gasteiger partial charge in [0.2, 0.25) is 5.88 Å². The molecule has 4 rings (SSSR count). The molecule has 9 nitrogen and oxygen atoms in total. The molecule has 174 valence electrons. The number of nitrogens with zero attached hydrogens (tertiary/aromatic N) is 5. The second-order valence-electron chi connectivity index (χ2n) is 7.03. The molecule has 35 heavy (non-hydrogen) atoms. The summed E-state index contributed by atoms with van der Waals surface area (Å²) in [7, 11) is 0. The Balaban J connectivity index is 1.68. The van der Waals surface area contributed by atoms with Crippen molar-refractivity contribution in [1.82, 2.24) is 15.0 Å². The van der Waals surface area contributed by atoms with Crippen LogP contribution in [0.5, 0.6) is 5.88 Å². The van der Waals surface area contributed by atoms with Crippen molar-refractivity contribution in [2.24, 2.45) is 0 Å². The summed E-state index contributed by atoms with van der Waals surface area (Å²) in [5.41, 5.74) is 8.69. The number of benzene rings is 1. The minimum atomic E-state index is -0.146. The maximum atomic E-state index is 9.98. The number of hydrogen-bond donors (Lipinski definition) is 2. The summed E-state index contributed by atoms with van der Waals surface area (Å²) < 4.78 is 10.9. The summed E-state index contributed by atoms with van der Waals surface area (Å²) in [6, 6.07) is 14.6. The van der Waals surface area contributed by atoms with Gasteiger partial charge in [0.05, 0.1) is 17.9 Å². The van der Waals surface area contributed by atoms with E-state index in [1.807, 2.05) is 18.2 Å². The molecule has 11 heteroatoms. The number of rotatable bonds is 8. The number of nitriles is 2. The highest BCUT2D eigenvalue weighted by molar-refractivity contribution is 7.98. The van der Waals surface area contributed by atoms with E-state index in [9.17, 15) is 10.5 Å². The number of aromatic nitrogens is 3. The van der Waals surface area contributed by atoms with Gasteiger partial charge in [0, 0.05) is 39.7 Å². The lowest BCUT2D eigenvalue weighted by atomic mass is 9.98. The van der Waals surface area contributed by atoms with Gasteiger partial charge in [-0.15, -0.1) is 0 Å². The molecule has 0 aliphatic rings. The average Bonchev–Trinajstić information content (AvgIpc) is 3.35. The molecule has 4 aromatic rings. The van der Waals surface area contributed by atoms with Crippen LogP contribution in [-0.2, 0) is 5.75 Å². The zero-order chi connectivity index (χ0) is 24.8. The average molecular weight is 505 g/mol. The first-order valence-electron chi connectivity index (χ1n) is 10.2. The Morgan fingerprint density at radius 2 is 1.80 bits per heavy atom. The van der Waals surface area contributed by atoms with E-state index in [2.05, 4.69) is 21.0 Å². The number of aliphatic hydroxyl groups excluding tert-OH is 1. The van der Waals surface area contributed by atoms with Gasteiger partial charge >= 0.3 is 0 Å². The number of ether oxygens (including phenoxy) is 1. The monoisotopic (exact) mass is 504 g/mol. The summed E-state index contributed by atoms with van der Waals surface area (Å²) in [4.78, 5) is 12.8. The number of nitrogen functional groups attached to an aromatic ring is 1. The minimum absolute atomic E-state index is 0.00249. The van der Waals surface area contributed by atoms with Gasteiger partial charge in [0.15, 0.2) is 12.2 Å². The first-order chi connectivity index (χ1) is 17.0. The molecule has 0 fully saturated rings. The molecule has 0 saturated carbocycles. The number of halogens is 1. The molecule has 0 aliphatic heterocycles. The highest BCUT2D eigenvalue weighted by Crippen LogP contribution is 2.37. The Morgan fingerprint density at radius 1 is 1.06 bits per heavy atom. The maximum Gasteiger partial charge on any atom is 0.213 e. The molecule has 3 heterocycles. The lowest BCUT2D eigenvalue weighted by Gasteiger charge is -2.13. The van der Waals surface area contributed by atoms with Gasteiger partial charge < -0.3 is 20.0 Å². The van der Waals surface area contributed by atoms with Gasteiger partial charge in [-0.05, 0) is 30.3 Å². The molecule has 0 atom stereocenters. The molecule has 0 spiro atoms. The fourth-order valence-corrected chi connectivity index (χ4v) is 4.36. The van der Waals surface area contributed by atoms with Crippen LogP contribution < -0.4 is 10.5 Å². The van der Waals surface area contributed by atoms with Gasteiger partial charge in [-0.25, -0.2) is 15.0 Å². The maximum absolute atomic E-state index is 9.98. The van der Waals surface area contributed by atoms with Crippen molar-refractivity contribution >= 4 is 29.2 Å². The first-order valence-corrected chi connectivity index (χ1v) is 11.6. The van der Waals surface area contributed by atoms with Crippen LogP contribution in [0.25, 0.3) is 22.5 Å². The SMILES string of the molecule is N#Cc1c(N)nc(SCc2ncoc2-c2ccc(Cl)cc2)c(C#N)c1-c1ccc(OCCO)nc1. The zero-order valence-electron chi connectivity index (χ0n) is 18.1. The summed E-state index contributed by atoms with van der Waals surface area (Å²) in [6.45, 7) is -0.0460. The standard InChI is InChI=1S/C24H17ClN6O3S/c25-16-4-1-14(2-5-16)22-19(30-13-34-22)12-35-24-18(10-27)21(17(9-26)23(28)31-24)15-3-6-20(29-11-15)33-8-7-32/h1-6,11,13,32H,7-8,12H2,(H2,28,31). The van der Waals surface area contributed by atoms with E-state index in [0.717, 1.165) is 5.56 Å². The van der Waals surface area contributed by atoms with E-state index in [4.69, 9.17) is 31.6 Å². The Hall–Kier alpha value is -4.09. The van der Waals surface area contributed by atoms with Crippen LogP contribution in [-0.4, -0.2) is 33.3 Å². The predicted octanol–water partition coefficient (Wildman–Crippen LogP) is 4.44. The smallest absolute Gasteiger partial charge is 0.213 e. The molecular weight excluding hydrogens is 488 g/mol. The van der Waals surface area contributed by atoms with E-state index in [1.165, 1.54) is 24.4 Å². The van der Waals surface area contributed by atoms with Crippen LogP contribution in [0.4, 0.5) is 5.82 Å². The lowest BCUT2D eigenvalue weighted by molar-refractivity contribution is 0.196. The Labute approximate surface area is 209 Å². The van der Waals surface area contributed by atoms with Crippen LogP contribution in [0.2, 0.25) is 5.02 Å². The number of anilines is 1. The van der Waals surface area contributed by atoms with E-state index < -0.39 is 0 Å². The lowest BCUT2D eigenvalue weighted by Crippen LogP contribution is -2.05. The van der Waals surface area contributed by atoms with Gasteiger partial charge in [0.1, 0.15) is 35.2 Å². The molecule has 1 aromatic carbocycles. The molecule has 0 saturated heterocycles. The highest BCUT2D eigenvalue weighted by atomic mass is 35.5. The summed E-state index contributed by atoms with van der Waals surface area (Å²) in [6.07, 6.45) is 2.83. The van der Waals surface area contributed by atoms with Crippen molar-refractivity contribution in [2.45, 2.75) is 10.8 Å². The number of aliphatic hydroxyl groups is 1. The normalized spacial score (nSPS) is 10.5. The third-order valence-corrected chi connectivity index (χ3v) is 6.11. The van der Waals surface area contributed by atoms with Crippen LogP contribution >= 0.6 is 23.4 Å². The number of pyridine rings is 2. The second kappa shape index (κ2) is 10.9. The van der Waals surface area contributed by atoms with E-state index in [0.29, 0.717) is 44.3 Å². The molecule has 0 amide bonds. The Morgan fingerprint density at radius 3 is 2.46 bits per heavy atom. The van der Waals surface area contributed by atoms with Gasteiger partial charge in [-0.3, -0.25) is 0 Å². The van der Waals surface area contributed by atoms with Gasteiger partial charge in [-0.1, -0.05) is 23.4 Å². The number of thioether (sulfide) groups is 1. The van der Waals surface area contributed by atoms with Crippen molar-refractivity contribution in [3.63, 3.8) is 0 Å². The van der Waals surface area contributed by atoms with Gasteiger partial charge in [-0.2, -0.15) is 10.5 Å². The molecule has 0 unspecified atom stereocenters. The van der Waals surface area contributed by atoms with Crippen molar-refractivity contribution in [2.75, 3.05) is 18.9 Å². The molecule has 0 bridgehead atoms. The van der Waals surface area contributed by atoms with Crippen molar-refractivity contribution in [3.8, 4) is 40.5 Å². The first kappa shape index (κ1) is 24.0. The van der Waals surface area contributed by atoms with Gasteiger partial charge in [0.25, 0.3) is 0 Å². The molecule has 0 radical (unpaired) electrons. The van der Waals surface area contributed by atoms with Crippen LogP contribution in [0, 0.1) is 22.7 Å². The van der Waals surface area contributed by atoms with E-state index >= 15 is 0 Å². The molecule has 3 aromatic heterocycles. The third kappa shape index (κ3) is 5.20. The minimum Gasteiger partial charge on any atom is -0.475 e. The zero-order valence-corrected chi connectivity index (χ0v) is 19.7. The summed E-state index contributed by atoms with van der Waals surface area (Å²) in [5.74, 6) is 1.23. The second-order valence-corrected chi connectivity index (χ2v) is 8.43. The molecule has 0 aliphatic carbocycles. The summed E-state index contributed by atoms with van der Waals surface area (Å²) in [5, 5.41) is 29.6. The molecular formula is C24H17ClN6O3S. The number of nitrogens with two attached hydrogens (primary N) is 1. The number of oxazole rings is 1. The Bertz CT molecular complexity index is 1430. The van der Waals surface area contributed by atoms with Crippen molar-refractivity contribution < 1.29 is 14.3 Å². The van der Waals surface area contributed by atoms with Crippen LogP contribution in [0.15, 0.2) is 58.4 Å². The predicted molar refractivity (Wildman–Crippen MR) is 130 cm³/mol. The summed E-state index contributed by atoms with van der Waals surface area (Å²) >= 11 is 7.23. The third-order valence-electron chi connectivity index (χ3n) is 4.88. The number of hydrogen-bond acceptors (Lipinski definition) is 10. The quantitative estimate of drug-likeness (QED) is 0.329. The van der Waals surface area contributed by atoms with Crippen LogP contribution in [0.3, 0.4) is 0 Å². The van der Waals surface area contributed by atoms with Crippen molar-refractivity contribution in [1.29, 1.82) is 10.5 Å². The largest absolute Gasteiger partial charge is 0.475 e. The molecule has 3 N–H and O–H groups in total. The van der Waals surface area contributed by atoms with Crippen molar-refractivity contribution in [3.05, 3.63) is 70.8 Å². The van der Waals surface area contributed by atoms with Crippen LogP contribution in [0.1, 0.15) is 16.8 Å². The highest BCUT2D eigenvalue weighted by Gasteiger charge is 2.22. The van der Waals surface area contributed by atoms with E-state index in [-0.39, 0.29) is 30.2 Å². The fourth-order valence-electron chi connectivity index (χ4n) is 3.30. The fraction of sp³-hybridized carbons (Fsp3) is 0.125. The topological polar surface area (TPSA) is 155 Å². The Kier molecular flexibility index (Phi) is 7.48. The van der Waals surface area contributed by atoms with E-state index in [1.54, 1.807) is 24.3 Å².